The fourth-order valence-electron chi connectivity index (χ4n) is 2.59. The van der Waals surface area contributed by atoms with Crippen molar-refractivity contribution in [2.24, 2.45) is 0 Å². The summed E-state index contributed by atoms with van der Waals surface area (Å²) in [5.41, 5.74) is 0.235. The van der Waals surface area contributed by atoms with E-state index in [2.05, 4.69) is 10.3 Å². The van der Waals surface area contributed by atoms with E-state index >= 15 is 0 Å². The van der Waals surface area contributed by atoms with Crippen LogP contribution in [0.3, 0.4) is 0 Å². The number of halogens is 2. The molecule has 1 saturated heterocycles. The molecular weight excluding hydrogens is 311 g/mol. The molecule has 1 aromatic carbocycles. The molecule has 6 nitrogen and oxygen atoms in total. The molecule has 0 saturated carbocycles. The van der Waals surface area contributed by atoms with Crippen LogP contribution < -0.4 is 0 Å². The van der Waals surface area contributed by atoms with Gasteiger partial charge >= 0.3 is 0 Å². The molecule has 0 bridgehead atoms. The molecule has 2 aromatic rings. The number of amides is 1. The third-order valence-electron chi connectivity index (χ3n) is 3.74. The molecule has 2 heterocycles. The maximum atomic E-state index is 14.0. The van der Waals surface area contributed by atoms with Crippen molar-refractivity contribution in [1.29, 1.82) is 0 Å². The second kappa shape index (κ2) is 6.02. The van der Waals surface area contributed by atoms with Gasteiger partial charge in [0.1, 0.15) is 5.69 Å². The van der Waals surface area contributed by atoms with Crippen LogP contribution >= 0.6 is 11.6 Å². The first-order valence-corrected chi connectivity index (χ1v) is 7.28. The van der Waals surface area contributed by atoms with Gasteiger partial charge < -0.3 is 10.0 Å². The lowest BCUT2D eigenvalue weighted by Crippen LogP contribution is -2.37. The number of hydrogen-bond acceptors (Lipinski definition) is 4. The van der Waals surface area contributed by atoms with E-state index in [4.69, 9.17) is 11.6 Å². The summed E-state index contributed by atoms with van der Waals surface area (Å²) in [6, 6.07) is 4.32. The summed E-state index contributed by atoms with van der Waals surface area (Å²) in [6.07, 6.45) is 2.97. The summed E-state index contributed by atoms with van der Waals surface area (Å²) in [5, 5.41) is 16.9. The predicted octanol–water partition coefficient (Wildman–Crippen LogP) is 1.66. The summed E-state index contributed by atoms with van der Waals surface area (Å²) < 4.78 is 15.1. The van der Waals surface area contributed by atoms with Gasteiger partial charge in [0.2, 0.25) is 0 Å². The van der Waals surface area contributed by atoms with Gasteiger partial charge in [0.05, 0.1) is 23.9 Å². The molecule has 0 unspecified atom stereocenters. The van der Waals surface area contributed by atoms with Crippen molar-refractivity contribution in [3.8, 4) is 5.69 Å². The zero-order valence-corrected chi connectivity index (χ0v) is 12.4. The van der Waals surface area contributed by atoms with Crippen molar-refractivity contribution >= 4 is 17.5 Å². The number of carbonyl (C=O) groups is 1. The number of nitrogens with zero attached hydrogens (tertiary/aromatic N) is 4. The lowest BCUT2D eigenvalue weighted by molar-refractivity contribution is 0.0671. The number of aliphatic hydroxyl groups excluding tert-OH is 1. The number of hydrogen-bond donors (Lipinski definition) is 1. The molecule has 1 aromatic heterocycles. The summed E-state index contributed by atoms with van der Waals surface area (Å²) in [7, 11) is 0. The SMILES string of the molecule is O=C(c1cn(-c2cccc(Cl)c2F)nn1)N1CCC[C@@H]1CO. The first kappa shape index (κ1) is 14.9. The van der Waals surface area contributed by atoms with Crippen LogP contribution in [0.2, 0.25) is 5.02 Å². The second-order valence-electron chi connectivity index (χ2n) is 5.10. The largest absolute Gasteiger partial charge is 0.394 e. The molecule has 0 aliphatic carbocycles. The Balaban J connectivity index is 1.88. The van der Waals surface area contributed by atoms with E-state index in [9.17, 15) is 14.3 Å². The maximum Gasteiger partial charge on any atom is 0.276 e. The minimum atomic E-state index is -0.623. The molecule has 3 rings (SSSR count). The Morgan fingerprint density at radius 3 is 3.09 bits per heavy atom. The van der Waals surface area contributed by atoms with E-state index in [0.29, 0.717) is 6.54 Å². The predicted molar refractivity (Wildman–Crippen MR) is 77.5 cm³/mol. The third-order valence-corrected chi connectivity index (χ3v) is 4.03. The van der Waals surface area contributed by atoms with Crippen LogP contribution in [0.15, 0.2) is 24.4 Å². The van der Waals surface area contributed by atoms with E-state index in [1.807, 2.05) is 0 Å². The maximum absolute atomic E-state index is 14.0. The van der Waals surface area contributed by atoms with E-state index in [1.165, 1.54) is 23.0 Å². The van der Waals surface area contributed by atoms with Crippen LogP contribution in [0.4, 0.5) is 4.39 Å². The first-order valence-electron chi connectivity index (χ1n) is 6.90. The van der Waals surface area contributed by atoms with E-state index in [-0.39, 0.29) is 35.0 Å². The molecule has 0 radical (unpaired) electrons. The van der Waals surface area contributed by atoms with E-state index < -0.39 is 5.82 Å². The minimum absolute atomic E-state index is 0.0271. The van der Waals surface area contributed by atoms with Crippen molar-refractivity contribution in [3.63, 3.8) is 0 Å². The van der Waals surface area contributed by atoms with Gasteiger partial charge in [-0.1, -0.05) is 22.9 Å². The van der Waals surface area contributed by atoms with Crippen LogP contribution in [0, 0.1) is 5.82 Å². The van der Waals surface area contributed by atoms with Crippen LogP contribution in [0.5, 0.6) is 0 Å². The highest BCUT2D eigenvalue weighted by molar-refractivity contribution is 6.30. The number of aliphatic hydroxyl groups is 1. The molecule has 116 valence electrons. The van der Waals surface area contributed by atoms with E-state index in [0.717, 1.165) is 12.8 Å². The average molecular weight is 325 g/mol. The second-order valence-corrected chi connectivity index (χ2v) is 5.51. The summed E-state index contributed by atoms with van der Waals surface area (Å²) in [5.74, 6) is -0.937. The van der Waals surface area contributed by atoms with Gasteiger partial charge in [-0.15, -0.1) is 5.10 Å². The fraction of sp³-hybridized carbons (Fsp3) is 0.357. The van der Waals surface area contributed by atoms with Crippen molar-refractivity contribution < 1.29 is 14.3 Å². The van der Waals surface area contributed by atoms with Crippen LogP contribution in [-0.2, 0) is 0 Å². The topological polar surface area (TPSA) is 71.2 Å². The van der Waals surface area contributed by atoms with Crippen molar-refractivity contribution in [2.45, 2.75) is 18.9 Å². The Kier molecular flexibility index (Phi) is 4.08. The summed E-state index contributed by atoms with van der Waals surface area (Å²) >= 11 is 5.74. The van der Waals surface area contributed by atoms with Gasteiger partial charge in [0, 0.05) is 6.54 Å². The van der Waals surface area contributed by atoms with Gasteiger partial charge in [-0.3, -0.25) is 4.79 Å². The highest BCUT2D eigenvalue weighted by Crippen LogP contribution is 2.22. The highest BCUT2D eigenvalue weighted by Gasteiger charge is 2.30. The number of rotatable bonds is 3. The monoisotopic (exact) mass is 324 g/mol. The van der Waals surface area contributed by atoms with Crippen LogP contribution in [-0.4, -0.2) is 50.1 Å². The minimum Gasteiger partial charge on any atom is -0.394 e. The molecular formula is C14H14ClFN4O2. The van der Waals surface area contributed by atoms with Crippen molar-refractivity contribution in [2.75, 3.05) is 13.2 Å². The zero-order valence-electron chi connectivity index (χ0n) is 11.6. The summed E-state index contributed by atoms with van der Waals surface area (Å²) in [4.78, 5) is 14.0. The molecule has 1 aliphatic rings. The number of likely N-dealkylation sites (tertiary alicyclic amines) is 1. The Hall–Kier alpha value is -1.99. The van der Waals surface area contributed by atoms with Gasteiger partial charge in [-0.25, -0.2) is 9.07 Å². The fourth-order valence-corrected chi connectivity index (χ4v) is 2.76. The Morgan fingerprint density at radius 1 is 1.50 bits per heavy atom. The summed E-state index contributed by atoms with van der Waals surface area (Å²) in [6.45, 7) is 0.491. The molecule has 1 atom stereocenters. The standard InChI is InChI=1S/C14H14ClFN4O2/c15-10-4-1-5-12(13(10)16)20-7-11(17-18-20)14(22)19-6-2-3-9(19)8-21/h1,4-5,7,9,21H,2-3,6,8H2/t9-/m1/s1. The third kappa shape index (κ3) is 2.57. The molecule has 1 fully saturated rings. The molecule has 1 N–H and O–H groups in total. The molecule has 8 heteroatoms. The molecule has 0 spiro atoms. The van der Waals surface area contributed by atoms with Crippen LogP contribution in [0.1, 0.15) is 23.3 Å². The van der Waals surface area contributed by atoms with E-state index in [1.54, 1.807) is 11.0 Å². The Labute approximate surface area is 131 Å². The number of carbonyl (C=O) groups excluding carboxylic acids is 1. The van der Waals surface area contributed by atoms with Gasteiger partial charge in [0.25, 0.3) is 5.91 Å². The number of aromatic nitrogens is 3. The van der Waals surface area contributed by atoms with Crippen molar-refractivity contribution in [1.82, 2.24) is 19.9 Å². The van der Waals surface area contributed by atoms with Gasteiger partial charge in [-0.2, -0.15) is 0 Å². The average Bonchev–Trinajstić information content (AvgIpc) is 3.17. The zero-order chi connectivity index (χ0) is 15.7. The molecule has 1 aliphatic heterocycles. The Bertz CT molecular complexity index is 706. The molecule has 1 amide bonds. The Morgan fingerprint density at radius 2 is 2.32 bits per heavy atom. The number of benzene rings is 1. The first-order chi connectivity index (χ1) is 10.6. The normalized spacial score (nSPS) is 18.0. The van der Waals surface area contributed by atoms with Crippen LogP contribution in [0.25, 0.3) is 5.69 Å². The highest BCUT2D eigenvalue weighted by atomic mass is 35.5. The quantitative estimate of drug-likeness (QED) is 0.932. The smallest absolute Gasteiger partial charge is 0.276 e. The van der Waals surface area contributed by atoms with Gasteiger partial charge in [-0.05, 0) is 25.0 Å². The van der Waals surface area contributed by atoms with Crippen molar-refractivity contribution in [3.05, 3.63) is 40.9 Å². The molecule has 22 heavy (non-hydrogen) atoms. The lowest BCUT2D eigenvalue weighted by atomic mass is 10.2. The van der Waals surface area contributed by atoms with Gasteiger partial charge in [0.15, 0.2) is 11.5 Å². The lowest BCUT2D eigenvalue weighted by Gasteiger charge is -2.21.